The minimum absolute atomic E-state index is 0.175. The van der Waals surface area contributed by atoms with Crippen molar-refractivity contribution in [2.24, 2.45) is 0 Å². The number of anilines is 3. The van der Waals surface area contributed by atoms with Crippen molar-refractivity contribution in [3.05, 3.63) is 150 Å². The molecular weight excluding hydrogens is 501 g/mol. The number of nitrogens with zero attached hydrogens (tertiary/aromatic N) is 1. The molecule has 41 heavy (non-hydrogen) atoms. The average Bonchev–Trinajstić information content (AvgIpc) is 3.26. The normalized spacial score (nSPS) is 13.4. The molecule has 7 aromatic carbocycles. The molecule has 0 saturated heterocycles. The lowest BCUT2D eigenvalue weighted by atomic mass is 9.78. The van der Waals surface area contributed by atoms with Gasteiger partial charge in [-0.25, -0.2) is 4.39 Å². The predicted molar refractivity (Wildman–Crippen MR) is 171 cm³/mol. The number of hydrogen-bond donors (Lipinski definition) is 0. The maximum absolute atomic E-state index is 13.9. The lowest BCUT2D eigenvalue weighted by Crippen LogP contribution is -2.16. The molecule has 0 radical (unpaired) electrons. The Labute approximate surface area is 239 Å². The van der Waals surface area contributed by atoms with Crippen LogP contribution in [0.1, 0.15) is 25.0 Å². The first-order valence-corrected chi connectivity index (χ1v) is 14.1. The Hall–Kier alpha value is -4.95. The minimum Gasteiger partial charge on any atom is -0.310 e. The highest BCUT2D eigenvalue weighted by Gasteiger charge is 2.39. The first kappa shape index (κ1) is 23.9. The Morgan fingerprint density at radius 2 is 1.07 bits per heavy atom. The number of rotatable bonds is 3. The van der Waals surface area contributed by atoms with E-state index in [2.05, 4.69) is 110 Å². The molecule has 0 aliphatic heterocycles. The molecule has 2 heteroatoms. The van der Waals surface area contributed by atoms with E-state index >= 15 is 0 Å². The molecule has 0 heterocycles. The fourth-order valence-corrected chi connectivity index (χ4v) is 7.15. The summed E-state index contributed by atoms with van der Waals surface area (Å²) in [6.45, 7) is 4.75. The van der Waals surface area contributed by atoms with Crippen molar-refractivity contribution in [2.45, 2.75) is 19.3 Å². The third-order valence-electron chi connectivity index (χ3n) is 8.81. The molecule has 1 aliphatic rings. The van der Waals surface area contributed by atoms with Crippen LogP contribution in [0.5, 0.6) is 0 Å². The Morgan fingerprint density at radius 3 is 1.80 bits per heavy atom. The highest BCUT2D eigenvalue weighted by atomic mass is 19.1. The number of fused-ring (bicyclic) bond motifs is 10. The van der Waals surface area contributed by atoms with Gasteiger partial charge in [0.2, 0.25) is 0 Å². The third-order valence-corrected chi connectivity index (χ3v) is 8.81. The largest absolute Gasteiger partial charge is 0.310 e. The van der Waals surface area contributed by atoms with Gasteiger partial charge in [0, 0.05) is 22.5 Å². The third kappa shape index (κ3) is 3.47. The molecule has 0 atom stereocenters. The lowest BCUT2D eigenvalue weighted by molar-refractivity contribution is 0.628. The van der Waals surface area contributed by atoms with Crippen LogP contribution < -0.4 is 4.90 Å². The molecule has 7 aromatic rings. The van der Waals surface area contributed by atoms with Gasteiger partial charge in [0.1, 0.15) is 5.82 Å². The summed E-state index contributed by atoms with van der Waals surface area (Å²) in [4.78, 5) is 2.19. The Balaban J connectivity index is 1.38. The van der Waals surface area contributed by atoms with Gasteiger partial charge in [0.05, 0.1) is 0 Å². The molecule has 0 saturated carbocycles. The quantitative estimate of drug-likeness (QED) is 0.206. The smallest absolute Gasteiger partial charge is 0.123 e. The second kappa shape index (κ2) is 8.78. The van der Waals surface area contributed by atoms with E-state index in [1.807, 2.05) is 30.3 Å². The van der Waals surface area contributed by atoms with Crippen LogP contribution in [0.2, 0.25) is 0 Å². The summed E-state index contributed by atoms with van der Waals surface area (Å²) in [5.74, 6) is -0.238. The second-order valence-electron chi connectivity index (χ2n) is 11.5. The molecule has 0 bridgehead atoms. The van der Waals surface area contributed by atoms with Crippen LogP contribution in [0, 0.1) is 5.82 Å². The molecule has 0 amide bonds. The van der Waals surface area contributed by atoms with Crippen LogP contribution in [-0.4, -0.2) is 0 Å². The Bertz CT molecular complexity index is 2120. The van der Waals surface area contributed by atoms with Gasteiger partial charge >= 0.3 is 0 Å². The summed E-state index contributed by atoms with van der Waals surface area (Å²) < 4.78 is 13.9. The van der Waals surface area contributed by atoms with Crippen molar-refractivity contribution < 1.29 is 4.39 Å². The SMILES string of the molecule is CC1(C)c2c(ccc3cc(N(c4ccccc4)c4ccc(F)cc4)ccc23)-c2c1c1ccccc1c1ccccc21. The topological polar surface area (TPSA) is 3.24 Å². The zero-order valence-electron chi connectivity index (χ0n) is 23.0. The van der Waals surface area contributed by atoms with E-state index in [0.717, 1.165) is 17.1 Å². The van der Waals surface area contributed by atoms with E-state index in [4.69, 9.17) is 0 Å². The van der Waals surface area contributed by atoms with E-state index in [1.165, 1.54) is 66.7 Å². The van der Waals surface area contributed by atoms with Crippen molar-refractivity contribution in [2.75, 3.05) is 4.90 Å². The maximum atomic E-state index is 13.9. The van der Waals surface area contributed by atoms with Crippen molar-refractivity contribution in [1.29, 1.82) is 0 Å². The summed E-state index contributed by atoms with van der Waals surface area (Å²) in [7, 11) is 0. The van der Waals surface area contributed by atoms with Crippen molar-refractivity contribution in [3.63, 3.8) is 0 Å². The van der Waals surface area contributed by atoms with Crippen LogP contribution in [0.15, 0.2) is 133 Å². The summed E-state index contributed by atoms with van der Waals surface area (Å²) in [5, 5.41) is 7.73. The fourth-order valence-electron chi connectivity index (χ4n) is 7.15. The molecule has 8 rings (SSSR count). The number of hydrogen-bond acceptors (Lipinski definition) is 1. The van der Waals surface area contributed by atoms with Gasteiger partial charge in [-0.3, -0.25) is 0 Å². The van der Waals surface area contributed by atoms with Crippen molar-refractivity contribution in [1.82, 2.24) is 0 Å². The highest BCUT2D eigenvalue weighted by Crippen LogP contribution is 2.56. The number of para-hydroxylation sites is 1. The van der Waals surface area contributed by atoms with Gasteiger partial charge in [0.15, 0.2) is 0 Å². The van der Waals surface area contributed by atoms with Gasteiger partial charge in [-0.2, -0.15) is 0 Å². The molecule has 1 aliphatic carbocycles. The lowest BCUT2D eigenvalue weighted by Gasteiger charge is -2.27. The first-order valence-electron chi connectivity index (χ1n) is 14.1. The molecular formula is C39H28FN. The molecule has 0 spiro atoms. The van der Waals surface area contributed by atoms with Crippen LogP contribution >= 0.6 is 0 Å². The summed E-state index contributed by atoms with van der Waals surface area (Å²) >= 11 is 0. The minimum atomic E-state index is -0.238. The monoisotopic (exact) mass is 529 g/mol. The van der Waals surface area contributed by atoms with Crippen LogP contribution in [-0.2, 0) is 5.41 Å². The standard InChI is InChI=1S/C39H28FN/c1-39(2)37-30-23-21-29(41(27-10-4-3-5-11-27)28-19-17-26(40)18-20-28)24-25(30)16-22-35(37)36-33-14-8-6-12-31(33)32-13-7-9-15-34(32)38(36)39/h3-24H,1-2H3. The predicted octanol–water partition coefficient (Wildman–Crippen LogP) is 11.1. The Kier molecular flexibility index (Phi) is 5.11. The average molecular weight is 530 g/mol. The fraction of sp³-hybridized carbons (Fsp3) is 0.0769. The molecule has 1 nitrogen and oxygen atoms in total. The molecule has 0 fully saturated rings. The van der Waals surface area contributed by atoms with Gasteiger partial charge in [-0.05, 0) is 103 Å². The Morgan fingerprint density at radius 1 is 0.488 bits per heavy atom. The van der Waals surface area contributed by atoms with Crippen LogP contribution in [0.4, 0.5) is 21.5 Å². The first-order chi connectivity index (χ1) is 20.0. The van der Waals surface area contributed by atoms with E-state index < -0.39 is 0 Å². The maximum Gasteiger partial charge on any atom is 0.123 e. The molecule has 0 aromatic heterocycles. The van der Waals surface area contributed by atoms with Gasteiger partial charge in [-0.15, -0.1) is 0 Å². The van der Waals surface area contributed by atoms with E-state index in [1.54, 1.807) is 0 Å². The highest BCUT2D eigenvalue weighted by molar-refractivity contribution is 6.19. The van der Waals surface area contributed by atoms with E-state index in [0.29, 0.717) is 0 Å². The van der Waals surface area contributed by atoms with Crippen molar-refractivity contribution >= 4 is 49.4 Å². The number of halogens is 1. The van der Waals surface area contributed by atoms with E-state index in [-0.39, 0.29) is 11.2 Å². The second-order valence-corrected chi connectivity index (χ2v) is 11.5. The van der Waals surface area contributed by atoms with Gasteiger partial charge in [-0.1, -0.05) is 98.8 Å². The number of benzene rings is 7. The summed E-state index contributed by atoms with van der Waals surface area (Å²) in [6.07, 6.45) is 0. The van der Waals surface area contributed by atoms with Crippen LogP contribution in [0.25, 0.3) is 43.4 Å². The molecule has 0 unspecified atom stereocenters. The summed E-state index contributed by atoms with van der Waals surface area (Å²) in [6, 6.07) is 46.0. The summed E-state index contributed by atoms with van der Waals surface area (Å²) in [5.41, 5.74) is 8.30. The molecule has 196 valence electrons. The zero-order valence-corrected chi connectivity index (χ0v) is 23.0. The molecule has 0 N–H and O–H groups in total. The van der Waals surface area contributed by atoms with E-state index in [9.17, 15) is 4.39 Å². The van der Waals surface area contributed by atoms with Gasteiger partial charge in [0.25, 0.3) is 0 Å². The zero-order chi connectivity index (χ0) is 27.7. The van der Waals surface area contributed by atoms with Crippen molar-refractivity contribution in [3.8, 4) is 11.1 Å². The van der Waals surface area contributed by atoms with Crippen LogP contribution in [0.3, 0.4) is 0 Å². The van der Waals surface area contributed by atoms with Gasteiger partial charge < -0.3 is 4.90 Å².